The number of ether oxygens (including phenoxy) is 1. The van der Waals surface area contributed by atoms with Crippen LogP contribution in [0, 0.1) is 5.92 Å². The van der Waals surface area contributed by atoms with Crippen LogP contribution in [0.1, 0.15) is 36.2 Å². The smallest absolute Gasteiger partial charge is 0.303 e. The van der Waals surface area contributed by atoms with Gasteiger partial charge in [-0.15, -0.1) is 11.3 Å². The lowest BCUT2D eigenvalue weighted by Gasteiger charge is -2.32. The van der Waals surface area contributed by atoms with Crippen LogP contribution in [0.15, 0.2) is 29.6 Å². The molecule has 1 fully saturated rings. The molecule has 0 bridgehead atoms. The molecule has 2 heterocycles. The van der Waals surface area contributed by atoms with Crippen LogP contribution in [-0.2, 0) is 4.79 Å². The number of carboxylic acids is 1. The van der Waals surface area contributed by atoms with Crippen LogP contribution < -0.4 is 4.74 Å². The van der Waals surface area contributed by atoms with Crippen molar-refractivity contribution in [3.63, 3.8) is 0 Å². The Labute approximate surface area is 156 Å². The molecule has 7 heteroatoms. The number of benzene rings is 1. The van der Waals surface area contributed by atoms with Gasteiger partial charge in [0.1, 0.15) is 16.5 Å². The summed E-state index contributed by atoms with van der Waals surface area (Å²) < 4.78 is 5.16. The Kier molecular flexibility index (Phi) is 5.88. The SMILES string of the molecule is COc1ccc(-c2nc(C(=O)N3CCC[C@H](CCC(=O)O)C3)cs2)cc1. The Balaban J connectivity index is 1.66. The largest absolute Gasteiger partial charge is 0.497 e. The molecule has 1 saturated heterocycles. The molecule has 1 amide bonds. The Bertz CT molecular complexity index is 772. The minimum atomic E-state index is -0.780. The van der Waals surface area contributed by atoms with Crippen molar-refractivity contribution < 1.29 is 19.4 Å². The second-order valence-corrected chi connectivity index (χ2v) is 7.32. The first kappa shape index (κ1) is 18.4. The van der Waals surface area contributed by atoms with Crippen LogP contribution in [0.5, 0.6) is 5.75 Å². The van der Waals surface area contributed by atoms with Gasteiger partial charge in [-0.3, -0.25) is 9.59 Å². The number of carboxylic acid groups (broad SMARTS) is 1. The van der Waals surface area contributed by atoms with E-state index in [0.717, 1.165) is 29.2 Å². The molecule has 0 radical (unpaired) electrons. The first-order valence-electron chi connectivity index (χ1n) is 8.68. The second kappa shape index (κ2) is 8.31. The van der Waals surface area contributed by atoms with Crippen LogP contribution in [0.2, 0.25) is 0 Å². The number of hydrogen-bond donors (Lipinski definition) is 1. The van der Waals surface area contributed by atoms with Gasteiger partial charge in [0.15, 0.2) is 0 Å². The number of aliphatic carboxylic acids is 1. The molecule has 0 unspecified atom stereocenters. The van der Waals surface area contributed by atoms with Crippen LogP contribution in [0.4, 0.5) is 0 Å². The highest BCUT2D eigenvalue weighted by molar-refractivity contribution is 7.13. The van der Waals surface area contributed by atoms with Crippen LogP contribution in [0.3, 0.4) is 0 Å². The zero-order valence-corrected chi connectivity index (χ0v) is 15.5. The van der Waals surface area contributed by atoms with E-state index in [4.69, 9.17) is 9.84 Å². The maximum atomic E-state index is 12.8. The Hall–Kier alpha value is -2.41. The molecule has 1 aromatic heterocycles. The molecule has 0 spiro atoms. The van der Waals surface area contributed by atoms with Gasteiger partial charge in [-0.25, -0.2) is 4.98 Å². The number of aromatic nitrogens is 1. The first-order chi connectivity index (χ1) is 12.6. The third-order valence-corrected chi connectivity index (χ3v) is 5.52. The van der Waals surface area contributed by atoms with Gasteiger partial charge in [-0.05, 0) is 49.4 Å². The Morgan fingerprint density at radius 3 is 2.81 bits per heavy atom. The molecular formula is C19H22N2O4S. The summed E-state index contributed by atoms with van der Waals surface area (Å²) in [7, 11) is 1.62. The monoisotopic (exact) mass is 374 g/mol. The predicted molar refractivity (Wildman–Crippen MR) is 99.6 cm³/mol. The van der Waals surface area contributed by atoms with Gasteiger partial charge in [-0.1, -0.05) is 0 Å². The fourth-order valence-electron chi connectivity index (χ4n) is 3.21. The molecule has 138 valence electrons. The zero-order chi connectivity index (χ0) is 18.5. The van der Waals surface area contributed by atoms with Gasteiger partial charge in [0, 0.05) is 30.5 Å². The first-order valence-corrected chi connectivity index (χ1v) is 9.56. The lowest BCUT2D eigenvalue weighted by molar-refractivity contribution is -0.137. The molecule has 1 aliphatic rings. The van der Waals surface area contributed by atoms with E-state index in [0.29, 0.717) is 25.2 Å². The van der Waals surface area contributed by atoms with E-state index in [2.05, 4.69) is 4.98 Å². The van der Waals surface area contributed by atoms with Gasteiger partial charge in [-0.2, -0.15) is 0 Å². The Morgan fingerprint density at radius 2 is 2.12 bits per heavy atom. The van der Waals surface area contributed by atoms with E-state index in [1.54, 1.807) is 12.5 Å². The molecule has 0 saturated carbocycles. The summed E-state index contributed by atoms with van der Waals surface area (Å²) >= 11 is 1.45. The van der Waals surface area contributed by atoms with Crippen molar-refractivity contribution in [2.75, 3.05) is 20.2 Å². The summed E-state index contributed by atoms with van der Waals surface area (Å²) in [6.07, 6.45) is 2.66. The molecule has 1 aromatic carbocycles. The van der Waals surface area contributed by atoms with Gasteiger partial charge in [0.05, 0.1) is 7.11 Å². The third kappa shape index (κ3) is 4.40. The maximum absolute atomic E-state index is 12.8. The summed E-state index contributed by atoms with van der Waals surface area (Å²) in [5.41, 5.74) is 1.41. The second-order valence-electron chi connectivity index (χ2n) is 6.46. The normalized spacial score (nSPS) is 17.1. The molecule has 1 N–H and O–H groups in total. The average Bonchev–Trinajstić information content (AvgIpc) is 3.16. The molecule has 0 aliphatic carbocycles. The molecular weight excluding hydrogens is 352 g/mol. The fraction of sp³-hybridized carbons (Fsp3) is 0.421. The van der Waals surface area contributed by atoms with Gasteiger partial charge in [0.2, 0.25) is 0 Å². The van der Waals surface area contributed by atoms with Crippen molar-refractivity contribution >= 4 is 23.2 Å². The van der Waals surface area contributed by atoms with Crippen LogP contribution in [-0.4, -0.2) is 47.1 Å². The van der Waals surface area contributed by atoms with Crippen molar-refractivity contribution in [2.45, 2.75) is 25.7 Å². The summed E-state index contributed by atoms with van der Waals surface area (Å²) in [6, 6.07) is 7.59. The van der Waals surface area contributed by atoms with Crippen LogP contribution in [0.25, 0.3) is 10.6 Å². The molecule has 1 aliphatic heterocycles. The number of hydrogen-bond acceptors (Lipinski definition) is 5. The summed E-state index contributed by atoms with van der Waals surface area (Å²) in [5.74, 6) is 0.184. The lowest BCUT2D eigenvalue weighted by atomic mass is 9.93. The van der Waals surface area contributed by atoms with E-state index in [9.17, 15) is 9.59 Å². The maximum Gasteiger partial charge on any atom is 0.303 e. The van der Waals surface area contributed by atoms with E-state index in [1.165, 1.54) is 11.3 Å². The number of piperidine rings is 1. The summed E-state index contributed by atoms with van der Waals surface area (Å²) in [5, 5.41) is 11.4. The van der Waals surface area contributed by atoms with E-state index >= 15 is 0 Å². The van der Waals surface area contributed by atoms with Crippen molar-refractivity contribution in [3.05, 3.63) is 35.3 Å². The van der Waals surface area contributed by atoms with Crippen molar-refractivity contribution in [1.29, 1.82) is 0 Å². The van der Waals surface area contributed by atoms with E-state index in [1.807, 2.05) is 29.2 Å². The highest BCUT2D eigenvalue weighted by atomic mass is 32.1. The van der Waals surface area contributed by atoms with Crippen molar-refractivity contribution in [1.82, 2.24) is 9.88 Å². The number of carbonyl (C=O) groups excluding carboxylic acids is 1. The minimum Gasteiger partial charge on any atom is -0.497 e. The predicted octanol–water partition coefficient (Wildman–Crippen LogP) is 3.54. The van der Waals surface area contributed by atoms with Gasteiger partial charge in [0.25, 0.3) is 5.91 Å². The zero-order valence-electron chi connectivity index (χ0n) is 14.7. The van der Waals surface area contributed by atoms with E-state index < -0.39 is 5.97 Å². The van der Waals surface area contributed by atoms with Gasteiger partial charge < -0.3 is 14.7 Å². The van der Waals surface area contributed by atoms with Crippen LogP contribution >= 0.6 is 11.3 Å². The highest BCUT2D eigenvalue weighted by Crippen LogP contribution is 2.27. The number of amides is 1. The number of methoxy groups -OCH3 is 1. The van der Waals surface area contributed by atoms with Gasteiger partial charge >= 0.3 is 5.97 Å². The number of carbonyl (C=O) groups is 2. The molecule has 6 nitrogen and oxygen atoms in total. The quantitative estimate of drug-likeness (QED) is 0.837. The standard InChI is InChI=1S/C19H22N2O4S/c1-25-15-7-5-14(6-8-15)18-20-16(12-26-18)19(24)21-10-2-3-13(11-21)4-9-17(22)23/h5-8,12-13H,2-4,9-11H2,1H3,(H,22,23)/t13-/m1/s1. The third-order valence-electron chi connectivity index (χ3n) is 4.63. The summed E-state index contributed by atoms with van der Waals surface area (Å²) in [6.45, 7) is 1.32. The summed E-state index contributed by atoms with van der Waals surface area (Å²) in [4.78, 5) is 29.8. The number of rotatable bonds is 6. The number of likely N-dealkylation sites (tertiary alicyclic amines) is 1. The topological polar surface area (TPSA) is 79.7 Å². The molecule has 2 aromatic rings. The molecule has 26 heavy (non-hydrogen) atoms. The van der Waals surface area contributed by atoms with Crippen molar-refractivity contribution in [3.8, 4) is 16.3 Å². The molecule has 1 atom stereocenters. The minimum absolute atomic E-state index is 0.0685. The fourth-order valence-corrected chi connectivity index (χ4v) is 4.01. The van der Waals surface area contributed by atoms with E-state index in [-0.39, 0.29) is 18.2 Å². The average molecular weight is 374 g/mol. The number of thiazole rings is 1. The molecule has 3 rings (SSSR count). The van der Waals surface area contributed by atoms with Crippen molar-refractivity contribution in [2.24, 2.45) is 5.92 Å². The number of nitrogens with zero attached hydrogens (tertiary/aromatic N) is 2. The lowest BCUT2D eigenvalue weighted by Crippen LogP contribution is -2.40. The Morgan fingerprint density at radius 1 is 1.35 bits per heavy atom. The highest BCUT2D eigenvalue weighted by Gasteiger charge is 2.26.